The van der Waals surface area contributed by atoms with Crippen molar-refractivity contribution in [1.29, 1.82) is 0 Å². The van der Waals surface area contributed by atoms with Crippen LogP contribution in [0.3, 0.4) is 0 Å². The summed E-state index contributed by atoms with van der Waals surface area (Å²) in [6, 6.07) is 9.68. The third-order valence-electron chi connectivity index (χ3n) is 4.06. The number of rotatable bonds is 5. The van der Waals surface area contributed by atoms with Gasteiger partial charge in [0.05, 0.1) is 0 Å². The number of nitrogens with zero attached hydrogens (tertiary/aromatic N) is 2. The van der Waals surface area contributed by atoms with Crippen LogP contribution in [0.25, 0.3) is 0 Å². The van der Waals surface area contributed by atoms with E-state index in [4.69, 9.17) is 0 Å². The van der Waals surface area contributed by atoms with Gasteiger partial charge in [0, 0.05) is 25.7 Å². The molecule has 1 heterocycles. The minimum absolute atomic E-state index is 0.704. The van der Waals surface area contributed by atoms with E-state index in [0.29, 0.717) is 6.04 Å². The largest absolute Gasteiger partial charge is 0.316 e. The molecule has 3 nitrogen and oxygen atoms in total. The first-order valence-electron chi connectivity index (χ1n) is 7.30. The molecule has 0 amide bonds. The van der Waals surface area contributed by atoms with E-state index in [0.717, 1.165) is 13.1 Å². The SMILES string of the molecule is CNCc1ccc(CN(C)C2CCCN(C)C2)cc1. The first-order chi connectivity index (χ1) is 9.19. The molecule has 1 atom stereocenters. The van der Waals surface area contributed by atoms with Crippen LogP contribution in [0.4, 0.5) is 0 Å². The second-order valence-corrected chi connectivity index (χ2v) is 5.82. The molecule has 0 radical (unpaired) electrons. The highest BCUT2D eigenvalue weighted by molar-refractivity contribution is 5.22. The van der Waals surface area contributed by atoms with Crippen molar-refractivity contribution < 1.29 is 0 Å². The van der Waals surface area contributed by atoms with E-state index in [1.165, 1.54) is 37.1 Å². The number of piperidine rings is 1. The topological polar surface area (TPSA) is 18.5 Å². The molecule has 1 fully saturated rings. The molecule has 1 unspecified atom stereocenters. The summed E-state index contributed by atoms with van der Waals surface area (Å²) in [5.74, 6) is 0. The number of likely N-dealkylation sites (N-methyl/N-ethyl adjacent to an activating group) is 2. The fraction of sp³-hybridized carbons (Fsp3) is 0.625. The molecule has 1 aliphatic rings. The van der Waals surface area contributed by atoms with Crippen molar-refractivity contribution in [2.24, 2.45) is 0 Å². The summed E-state index contributed by atoms with van der Waals surface area (Å²) >= 11 is 0. The van der Waals surface area contributed by atoms with Gasteiger partial charge in [0.2, 0.25) is 0 Å². The molecular formula is C16H27N3. The summed E-state index contributed by atoms with van der Waals surface area (Å²) in [6.45, 7) is 4.46. The fourth-order valence-electron chi connectivity index (χ4n) is 2.88. The summed E-state index contributed by atoms with van der Waals surface area (Å²) in [7, 11) is 6.47. The predicted octanol–water partition coefficient (Wildman–Crippen LogP) is 1.93. The van der Waals surface area contributed by atoms with Crippen LogP contribution < -0.4 is 5.32 Å². The molecular weight excluding hydrogens is 234 g/mol. The van der Waals surface area contributed by atoms with Crippen LogP contribution in [0.1, 0.15) is 24.0 Å². The van der Waals surface area contributed by atoms with Gasteiger partial charge in [0.25, 0.3) is 0 Å². The summed E-state index contributed by atoms with van der Waals surface area (Å²) < 4.78 is 0. The Kier molecular flexibility index (Phi) is 5.37. The van der Waals surface area contributed by atoms with Crippen molar-refractivity contribution in [3.63, 3.8) is 0 Å². The monoisotopic (exact) mass is 261 g/mol. The van der Waals surface area contributed by atoms with Crippen LogP contribution in [-0.4, -0.2) is 50.1 Å². The molecule has 1 saturated heterocycles. The lowest BCUT2D eigenvalue weighted by Crippen LogP contribution is -2.44. The highest BCUT2D eigenvalue weighted by Gasteiger charge is 2.20. The zero-order valence-electron chi connectivity index (χ0n) is 12.5. The quantitative estimate of drug-likeness (QED) is 0.874. The molecule has 2 rings (SSSR count). The van der Waals surface area contributed by atoms with Crippen LogP contribution in [0.2, 0.25) is 0 Å². The molecule has 3 heteroatoms. The van der Waals surface area contributed by atoms with Gasteiger partial charge in [-0.05, 0) is 51.7 Å². The van der Waals surface area contributed by atoms with E-state index in [1.54, 1.807) is 0 Å². The predicted molar refractivity (Wildman–Crippen MR) is 81.2 cm³/mol. The Balaban J connectivity index is 1.88. The lowest BCUT2D eigenvalue weighted by atomic mass is 10.0. The van der Waals surface area contributed by atoms with Crippen molar-refractivity contribution in [3.8, 4) is 0 Å². The summed E-state index contributed by atoms with van der Waals surface area (Å²) in [6.07, 6.45) is 2.66. The highest BCUT2D eigenvalue weighted by Crippen LogP contribution is 2.16. The van der Waals surface area contributed by atoms with Gasteiger partial charge in [-0.2, -0.15) is 0 Å². The molecule has 1 N–H and O–H groups in total. The minimum Gasteiger partial charge on any atom is -0.316 e. The van der Waals surface area contributed by atoms with Gasteiger partial charge in [0.1, 0.15) is 0 Å². The molecule has 0 aromatic heterocycles. The van der Waals surface area contributed by atoms with Crippen LogP contribution in [0.5, 0.6) is 0 Å². The van der Waals surface area contributed by atoms with Gasteiger partial charge in [-0.15, -0.1) is 0 Å². The van der Waals surface area contributed by atoms with Crippen molar-refractivity contribution in [3.05, 3.63) is 35.4 Å². The molecule has 0 bridgehead atoms. The normalized spacial score (nSPS) is 20.9. The molecule has 19 heavy (non-hydrogen) atoms. The maximum atomic E-state index is 3.18. The van der Waals surface area contributed by atoms with E-state index in [-0.39, 0.29) is 0 Å². The van der Waals surface area contributed by atoms with Crippen LogP contribution in [0.15, 0.2) is 24.3 Å². The van der Waals surface area contributed by atoms with Crippen molar-refractivity contribution >= 4 is 0 Å². The number of nitrogens with one attached hydrogen (secondary N) is 1. The zero-order valence-corrected chi connectivity index (χ0v) is 12.5. The van der Waals surface area contributed by atoms with Crippen LogP contribution in [-0.2, 0) is 13.1 Å². The van der Waals surface area contributed by atoms with E-state index < -0.39 is 0 Å². The van der Waals surface area contributed by atoms with Gasteiger partial charge in [-0.3, -0.25) is 4.90 Å². The van der Waals surface area contributed by atoms with Gasteiger partial charge in [-0.1, -0.05) is 24.3 Å². The van der Waals surface area contributed by atoms with E-state index in [2.05, 4.69) is 53.5 Å². The average Bonchev–Trinajstić information content (AvgIpc) is 2.41. The second-order valence-electron chi connectivity index (χ2n) is 5.82. The van der Waals surface area contributed by atoms with E-state index >= 15 is 0 Å². The van der Waals surface area contributed by atoms with Gasteiger partial charge in [-0.25, -0.2) is 0 Å². The van der Waals surface area contributed by atoms with Gasteiger partial charge < -0.3 is 10.2 Å². The van der Waals surface area contributed by atoms with Crippen LogP contribution >= 0.6 is 0 Å². The Hall–Kier alpha value is -0.900. The first-order valence-corrected chi connectivity index (χ1v) is 7.30. The highest BCUT2D eigenvalue weighted by atomic mass is 15.2. The van der Waals surface area contributed by atoms with E-state index in [1.807, 2.05) is 7.05 Å². The number of benzene rings is 1. The fourth-order valence-corrected chi connectivity index (χ4v) is 2.88. The Labute approximate surface area is 117 Å². The third-order valence-corrected chi connectivity index (χ3v) is 4.06. The molecule has 1 aromatic rings. The zero-order chi connectivity index (χ0) is 13.7. The molecule has 106 valence electrons. The third kappa shape index (κ3) is 4.30. The van der Waals surface area contributed by atoms with Crippen LogP contribution in [0, 0.1) is 0 Å². The van der Waals surface area contributed by atoms with Gasteiger partial charge >= 0.3 is 0 Å². The second kappa shape index (κ2) is 7.04. The Bertz CT molecular complexity index is 374. The Morgan fingerprint density at radius 2 is 1.95 bits per heavy atom. The maximum Gasteiger partial charge on any atom is 0.0234 e. The average molecular weight is 261 g/mol. The minimum atomic E-state index is 0.704. The standard InChI is InChI=1S/C16H27N3/c1-17-11-14-6-8-15(9-7-14)12-19(3)16-5-4-10-18(2)13-16/h6-9,16-17H,4-5,10-13H2,1-3H3. The van der Waals surface area contributed by atoms with Crippen molar-refractivity contribution in [2.45, 2.75) is 32.0 Å². The maximum absolute atomic E-state index is 3.18. The molecule has 0 spiro atoms. The van der Waals surface area contributed by atoms with Crippen molar-refractivity contribution in [2.75, 3.05) is 34.2 Å². The number of likely N-dealkylation sites (tertiary alicyclic amines) is 1. The van der Waals surface area contributed by atoms with Crippen molar-refractivity contribution in [1.82, 2.24) is 15.1 Å². The molecule has 1 aromatic carbocycles. The lowest BCUT2D eigenvalue weighted by Gasteiger charge is -2.35. The van der Waals surface area contributed by atoms with E-state index in [9.17, 15) is 0 Å². The molecule has 0 aliphatic carbocycles. The number of hydrogen-bond acceptors (Lipinski definition) is 3. The smallest absolute Gasteiger partial charge is 0.0234 e. The summed E-state index contributed by atoms with van der Waals surface area (Å²) in [5, 5.41) is 3.18. The molecule has 1 aliphatic heterocycles. The summed E-state index contributed by atoms with van der Waals surface area (Å²) in [4.78, 5) is 4.95. The Morgan fingerprint density at radius 1 is 1.26 bits per heavy atom. The Morgan fingerprint density at radius 3 is 2.58 bits per heavy atom. The lowest BCUT2D eigenvalue weighted by molar-refractivity contribution is 0.129. The van der Waals surface area contributed by atoms with Gasteiger partial charge in [0.15, 0.2) is 0 Å². The molecule has 0 saturated carbocycles. The summed E-state index contributed by atoms with van der Waals surface area (Å²) in [5.41, 5.74) is 2.77. The first kappa shape index (κ1) is 14.5. The number of hydrogen-bond donors (Lipinski definition) is 1.